The summed E-state index contributed by atoms with van der Waals surface area (Å²) in [5, 5.41) is 18.5. The first kappa shape index (κ1) is 17.4. The lowest BCUT2D eigenvalue weighted by Gasteiger charge is -2.31. The maximum atomic E-state index is 12.4. The summed E-state index contributed by atoms with van der Waals surface area (Å²) in [6.07, 6.45) is 0.0513. The number of hydrogen-bond donors (Lipinski definition) is 2. The number of sulfonamides is 1. The number of aryl methyl sites for hydroxylation is 1. The molecule has 2 N–H and O–H groups in total. The highest BCUT2D eigenvalue weighted by Crippen LogP contribution is 2.25. The quantitative estimate of drug-likeness (QED) is 0.829. The molecule has 0 saturated carbocycles. The Bertz CT molecular complexity index is 708. The van der Waals surface area contributed by atoms with Gasteiger partial charge >= 0.3 is 5.97 Å². The molecule has 0 aromatic heterocycles. The molecule has 1 aromatic carbocycles. The summed E-state index contributed by atoms with van der Waals surface area (Å²) in [6.45, 7) is 2.19. The summed E-state index contributed by atoms with van der Waals surface area (Å²) < 4.78 is 32.2. The van der Waals surface area contributed by atoms with Crippen LogP contribution >= 0.6 is 0 Å². The summed E-state index contributed by atoms with van der Waals surface area (Å²) in [5.41, 5.74) is 0.893. The second-order valence-corrected chi connectivity index (χ2v) is 7.19. The smallest absolute Gasteiger partial charge is 0.322 e. The molecular formula is C15H18N2O5S. The second kappa shape index (κ2) is 7.08. The van der Waals surface area contributed by atoms with E-state index in [1.165, 1.54) is 12.1 Å². The van der Waals surface area contributed by atoms with Gasteiger partial charge in [-0.1, -0.05) is 17.7 Å². The third-order valence-corrected chi connectivity index (χ3v) is 5.26. The number of nitrogens with zero attached hydrogens (tertiary/aromatic N) is 1. The topological polar surface area (TPSA) is 116 Å². The Morgan fingerprint density at radius 1 is 1.43 bits per heavy atom. The van der Waals surface area contributed by atoms with Crippen molar-refractivity contribution in [2.75, 3.05) is 6.61 Å². The SMILES string of the molecule is Cc1ccc(S(=O)(=O)NC(C(=O)O)[C@@H]2CCCOC2C#N)cc1. The average Bonchev–Trinajstić information content (AvgIpc) is 2.53. The van der Waals surface area contributed by atoms with Crippen LogP contribution in [0.2, 0.25) is 0 Å². The van der Waals surface area contributed by atoms with E-state index < -0.39 is 34.1 Å². The van der Waals surface area contributed by atoms with Gasteiger partial charge in [-0.3, -0.25) is 4.79 Å². The van der Waals surface area contributed by atoms with Gasteiger partial charge < -0.3 is 9.84 Å². The van der Waals surface area contributed by atoms with E-state index in [4.69, 9.17) is 10.00 Å². The monoisotopic (exact) mass is 338 g/mol. The van der Waals surface area contributed by atoms with Crippen molar-refractivity contribution in [3.05, 3.63) is 29.8 Å². The van der Waals surface area contributed by atoms with Crippen molar-refractivity contribution in [3.8, 4) is 6.07 Å². The standard InChI is InChI=1S/C15H18N2O5S/c1-10-4-6-11(7-5-10)23(20,21)17-14(15(18)19)12-3-2-8-22-13(12)9-16/h4-7,12-14,17H,2-3,8H2,1H3,(H,18,19)/t12-,13?,14?/m1/s1. The van der Waals surface area contributed by atoms with Crippen LogP contribution in [-0.2, 0) is 19.6 Å². The van der Waals surface area contributed by atoms with Crippen LogP contribution in [0.1, 0.15) is 18.4 Å². The number of hydrogen-bond acceptors (Lipinski definition) is 5. The predicted molar refractivity (Wildman–Crippen MR) is 81.0 cm³/mol. The molecular weight excluding hydrogens is 320 g/mol. The zero-order valence-corrected chi connectivity index (χ0v) is 13.4. The normalized spacial score (nSPS) is 23.0. The van der Waals surface area contributed by atoms with E-state index in [-0.39, 0.29) is 4.90 Å². The number of carboxylic acids is 1. The largest absolute Gasteiger partial charge is 0.480 e. The highest BCUT2D eigenvalue weighted by Gasteiger charge is 2.39. The number of benzene rings is 1. The minimum Gasteiger partial charge on any atom is -0.480 e. The summed E-state index contributed by atoms with van der Waals surface area (Å²) in [7, 11) is -4.00. The second-order valence-electron chi connectivity index (χ2n) is 5.48. The molecule has 8 heteroatoms. The van der Waals surface area contributed by atoms with Crippen molar-refractivity contribution >= 4 is 16.0 Å². The number of carboxylic acid groups (broad SMARTS) is 1. The van der Waals surface area contributed by atoms with Crippen molar-refractivity contribution in [1.29, 1.82) is 5.26 Å². The number of carbonyl (C=O) groups is 1. The molecule has 1 saturated heterocycles. The summed E-state index contributed by atoms with van der Waals surface area (Å²) in [4.78, 5) is 11.5. The zero-order valence-electron chi connectivity index (χ0n) is 12.6. The molecule has 0 aliphatic carbocycles. The van der Waals surface area contributed by atoms with Crippen molar-refractivity contribution in [2.24, 2.45) is 5.92 Å². The Labute approximate surface area is 134 Å². The van der Waals surface area contributed by atoms with E-state index in [0.717, 1.165) is 5.56 Å². The molecule has 0 amide bonds. The highest BCUT2D eigenvalue weighted by atomic mass is 32.2. The highest BCUT2D eigenvalue weighted by molar-refractivity contribution is 7.89. The van der Waals surface area contributed by atoms with Crippen LogP contribution in [0.5, 0.6) is 0 Å². The molecule has 2 unspecified atom stereocenters. The lowest BCUT2D eigenvalue weighted by molar-refractivity contribution is -0.142. The maximum Gasteiger partial charge on any atom is 0.322 e. The molecule has 1 fully saturated rings. The molecule has 3 atom stereocenters. The van der Waals surface area contributed by atoms with Gasteiger partial charge in [0, 0.05) is 12.5 Å². The zero-order chi connectivity index (χ0) is 17.0. The lowest BCUT2D eigenvalue weighted by atomic mass is 9.88. The van der Waals surface area contributed by atoms with Gasteiger partial charge in [0.15, 0.2) is 0 Å². The van der Waals surface area contributed by atoms with E-state index in [1.807, 2.05) is 13.0 Å². The Kier molecular flexibility index (Phi) is 5.36. The lowest BCUT2D eigenvalue weighted by Crippen LogP contribution is -2.51. The van der Waals surface area contributed by atoms with Crippen LogP contribution < -0.4 is 4.72 Å². The number of aliphatic carboxylic acids is 1. The molecule has 1 heterocycles. The first-order valence-corrected chi connectivity index (χ1v) is 8.66. The summed E-state index contributed by atoms with van der Waals surface area (Å²) >= 11 is 0. The Morgan fingerprint density at radius 2 is 2.09 bits per heavy atom. The Hall–Kier alpha value is -1.95. The fourth-order valence-corrected chi connectivity index (χ4v) is 3.79. The minimum absolute atomic E-state index is 0.0143. The minimum atomic E-state index is -4.00. The maximum absolute atomic E-state index is 12.4. The molecule has 1 aromatic rings. The molecule has 7 nitrogen and oxygen atoms in total. The Morgan fingerprint density at radius 3 is 2.65 bits per heavy atom. The number of rotatable bonds is 5. The van der Waals surface area contributed by atoms with Gasteiger partial charge in [-0.25, -0.2) is 8.42 Å². The van der Waals surface area contributed by atoms with Crippen molar-refractivity contribution in [3.63, 3.8) is 0 Å². The van der Waals surface area contributed by atoms with Gasteiger partial charge in [-0.2, -0.15) is 9.98 Å². The van der Waals surface area contributed by atoms with Crippen LogP contribution in [0.3, 0.4) is 0 Å². The van der Waals surface area contributed by atoms with Crippen LogP contribution in [0.15, 0.2) is 29.2 Å². The molecule has 0 radical (unpaired) electrons. The van der Waals surface area contributed by atoms with Crippen molar-refractivity contribution < 1.29 is 23.1 Å². The number of ether oxygens (including phenoxy) is 1. The van der Waals surface area contributed by atoms with Crippen LogP contribution in [0.25, 0.3) is 0 Å². The fourth-order valence-electron chi connectivity index (χ4n) is 2.55. The van der Waals surface area contributed by atoms with E-state index in [1.54, 1.807) is 12.1 Å². The van der Waals surface area contributed by atoms with Crippen LogP contribution in [-0.4, -0.2) is 38.2 Å². The third kappa shape index (κ3) is 4.07. The number of nitrogens with one attached hydrogen (secondary N) is 1. The van der Waals surface area contributed by atoms with Gasteiger partial charge in [0.05, 0.1) is 11.0 Å². The van der Waals surface area contributed by atoms with E-state index in [9.17, 15) is 18.3 Å². The van der Waals surface area contributed by atoms with Gasteiger partial charge in [0.2, 0.25) is 10.0 Å². The van der Waals surface area contributed by atoms with E-state index in [0.29, 0.717) is 19.4 Å². The van der Waals surface area contributed by atoms with Crippen LogP contribution in [0, 0.1) is 24.2 Å². The first-order valence-electron chi connectivity index (χ1n) is 7.18. The molecule has 1 aliphatic heterocycles. The van der Waals surface area contributed by atoms with E-state index >= 15 is 0 Å². The van der Waals surface area contributed by atoms with Crippen molar-refractivity contribution in [1.82, 2.24) is 4.72 Å². The molecule has 1 aliphatic rings. The fraction of sp³-hybridized carbons (Fsp3) is 0.467. The van der Waals surface area contributed by atoms with Gasteiger partial charge in [0.1, 0.15) is 12.1 Å². The third-order valence-electron chi connectivity index (χ3n) is 3.80. The van der Waals surface area contributed by atoms with Gasteiger partial charge in [-0.05, 0) is 31.9 Å². The van der Waals surface area contributed by atoms with Gasteiger partial charge in [0.25, 0.3) is 0 Å². The Balaban J connectivity index is 2.27. The average molecular weight is 338 g/mol. The molecule has 124 valence electrons. The predicted octanol–water partition coefficient (Wildman–Crippen LogP) is 1.05. The summed E-state index contributed by atoms with van der Waals surface area (Å²) in [6, 6.07) is 6.58. The first-order chi connectivity index (χ1) is 10.8. The van der Waals surface area contributed by atoms with Crippen molar-refractivity contribution in [2.45, 2.75) is 36.8 Å². The number of nitriles is 1. The van der Waals surface area contributed by atoms with Gasteiger partial charge in [-0.15, -0.1) is 0 Å². The molecule has 2 rings (SSSR count). The van der Waals surface area contributed by atoms with E-state index in [2.05, 4.69) is 4.72 Å². The molecule has 0 bridgehead atoms. The molecule has 0 spiro atoms. The van der Waals surface area contributed by atoms with Crippen LogP contribution in [0.4, 0.5) is 0 Å². The summed E-state index contributed by atoms with van der Waals surface area (Å²) in [5.74, 6) is -2.05. The molecule has 23 heavy (non-hydrogen) atoms.